The summed E-state index contributed by atoms with van der Waals surface area (Å²) in [6.07, 6.45) is 13.9. The van der Waals surface area contributed by atoms with E-state index in [1.807, 2.05) is 0 Å². The van der Waals surface area contributed by atoms with Gasteiger partial charge in [0.2, 0.25) is 0 Å². The molecule has 2 aliphatic rings. The molecule has 0 N–H and O–H groups in total. The standard InChI is InChI=1S/C20H30FN/c1-3-4-16-5-9-18(10-6-16)15(2)19-11-7-17(8-12-19)13-20(21)14-22/h13,16-19H,2-12H2,1H3/b20-13+. The van der Waals surface area contributed by atoms with Crippen LogP contribution in [0.15, 0.2) is 24.1 Å². The molecule has 2 saturated carbocycles. The van der Waals surface area contributed by atoms with Crippen LogP contribution < -0.4 is 0 Å². The van der Waals surface area contributed by atoms with Crippen molar-refractivity contribution < 1.29 is 4.39 Å². The first kappa shape index (κ1) is 17.3. The SMILES string of the molecule is C=C(C1CCC(/C=C(/F)C#N)CC1)C1CCC(CCC)CC1. The smallest absolute Gasteiger partial charge is 0.195 e. The minimum Gasteiger partial charge on any atom is -0.195 e. The first-order valence-corrected chi connectivity index (χ1v) is 9.10. The normalized spacial score (nSPS) is 33.2. The van der Waals surface area contributed by atoms with Gasteiger partial charge in [-0.05, 0) is 81.1 Å². The Morgan fingerprint density at radius 3 is 2.14 bits per heavy atom. The number of hydrogen-bond acceptors (Lipinski definition) is 1. The summed E-state index contributed by atoms with van der Waals surface area (Å²) in [6, 6.07) is 1.59. The number of halogens is 1. The van der Waals surface area contributed by atoms with Gasteiger partial charge in [-0.25, -0.2) is 0 Å². The van der Waals surface area contributed by atoms with E-state index in [-0.39, 0.29) is 5.92 Å². The molecule has 0 radical (unpaired) electrons. The molecule has 2 heteroatoms. The molecule has 122 valence electrons. The molecule has 1 nitrogen and oxygen atoms in total. The van der Waals surface area contributed by atoms with E-state index >= 15 is 0 Å². The predicted octanol–water partition coefficient (Wildman–Crippen LogP) is 6.33. The van der Waals surface area contributed by atoms with E-state index in [1.165, 1.54) is 50.2 Å². The van der Waals surface area contributed by atoms with E-state index in [0.717, 1.165) is 37.5 Å². The molecule has 0 bridgehead atoms. The lowest BCUT2D eigenvalue weighted by Crippen LogP contribution is -2.22. The quantitative estimate of drug-likeness (QED) is 0.430. The third-order valence-electron chi connectivity index (χ3n) is 5.85. The molecule has 0 atom stereocenters. The van der Waals surface area contributed by atoms with Gasteiger partial charge in [0.25, 0.3) is 0 Å². The molecule has 0 aromatic heterocycles. The van der Waals surface area contributed by atoms with Gasteiger partial charge >= 0.3 is 0 Å². The van der Waals surface area contributed by atoms with Crippen molar-refractivity contribution in [2.45, 2.75) is 71.1 Å². The highest BCUT2D eigenvalue weighted by atomic mass is 19.1. The maximum atomic E-state index is 13.0. The maximum absolute atomic E-state index is 13.0. The molecule has 0 unspecified atom stereocenters. The van der Waals surface area contributed by atoms with E-state index in [1.54, 1.807) is 6.07 Å². The first-order chi connectivity index (χ1) is 10.6. The lowest BCUT2D eigenvalue weighted by Gasteiger charge is -2.35. The van der Waals surface area contributed by atoms with Gasteiger partial charge in [-0.2, -0.15) is 9.65 Å². The summed E-state index contributed by atoms with van der Waals surface area (Å²) >= 11 is 0. The van der Waals surface area contributed by atoms with Crippen LogP contribution in [0.4, 0.5) is 4.39 Å². The Labute approximate surface area is 135 Å². The van der Waals surface area contributed by atoms with Crippen LogP contribution in [0.1, 0.15) is 71.1 Å². The lowest BCUT2D eigenvalue weighted by atomic mass is 9.70. The summed E-state index contributed by atoms with van der Waals surface area (Å²) < 4.78 is 13.0. The van der Waals surface area contributed by atoms with Crippen molar-refractivity contribution >= 4 is 0 Å². The second-order valence-corrected chi connectivity index (χ2v) is 7.32. The summed E-state index contributed by atoms with van der Waals surface area (Å²) in [5, 5.41) is 8.53. The number of nitrogens with zero attached hydrogens (tertiary/aromatic N) is 1. The number of hydrogen-bond donors (Lipinski definition) is 0. The van der Waals surface area contributed by atoms with Crippen LogP contribution in [-0.2, 0) is 0 Å². The van der Waals surface area contributed by atoms with Crippen LogP contribution >= 0.6 is 0 Å². The van der Waals surface area contributed by atoms with Gasteiger partial charge in [-0.3, -0.25) is 0 Å². The summed E-state index contributed by atoms with van der Waals surface area (Å²) in [5.41, 5.74) is 1.47. The van der Waals surface area contributed by atoms with Gasteiger partial charge < -0.3 is 0 Å². The van der Waals surface area contributed by atoms with Crippen molar-refractivity contribution in [2.24, 2.45) is 23.7 Å². The molecule has 0 heterocycles. The minimum absolute atomic E-state index is 0.254. The molecular formula is C20H30FN. The molecule has 0 amide bonds. The molecule has 2 fully saturated rings. The summed E-state index contributed by atoms with van der Waals surface area (Å²) in [5.74, 6) is 1.94. The molecule has 2 aliphatic carbocycles. The zero-order chi connectivity index (χ0) is 15.9. The van der Waals surface area contributed by atoms with E-state index < -0.39 is 5.83 Å². The molecule has 0 aliphatic heterocycles. The van der Waals surface area contributed by atoms with Crippen molar-refractivity contribution in [2.75, 3.05) is 0 Å². The zero-order valence-electron chi connectivity index (χ0n) is 14.0. The van der Waals surface area contributed by atoms with Crippen molar-refractivity contribution in [3.8, 4) is 6.07 Å². The largest absolute Gasteiger partial charge is 0.196 e. The first-order valence-electron chi connectivity index (χ1n) is 9.10. The third kappa shape index (κ3) is 4.70. The Bertz CT molecular complexity index is 429. The molecular weight excluding hydrogens is 273 g/mol. The number of rotatable bonds is 5. The van der Waals surface area contributed by atoms with Gasteiger partial charge in [0, 0.05) is 0 Å². The molecule has 0 saturated heterocycles. The van der Waals surface area contributed by atoms with E-state index in [0.29, 0.717) is 5.92 Å². The predicted molar refractivity (Wildman–Crippen MR) is 89.7 cm³/mol. The van der Waals surface area contributed by atoms with Crippen LogP contribution in [0.2, 0.25) is 0 Å². The zero-order valence-corrected chi connectivity index (χ0v) is 14.0. The minimum atomic E-state index is -0.614. The van der Waals surface area contributed by atoms with Gasteiger partial charge in [0.1, 0.15) is 6.07 Å². The highest BCUT2D eigenvalue weighted by molar-refractivity contribution is 5.15. The van der Waals surface area contributed by atoms with E-state index in [4.69, 9.17) is 5.26 Å². The van der Waals surface area contributed by atoms with E-state index in [9.17, 15) is 4.39 Å². The van der Waals surface area contributed by atoms with Crippen molar-refractivity contribution in [3.05, 3.63) is 24.1 Å². The Morgan fingerprint density at radius 1 is 1.09 bits per heavy atom. The summed E-state index contributed by atoms with van der Waals surface area (Å²) in [7, 11) is 0. The fourth-order valence-corrected chi connectivity index (χ4v) is 4.46. The third-order valence-corrected chi connectivity index (χ3v) is 5.85. The van der Waals surface area contributed by atoms with Crippen LogP contribution in [0.3, 0.4) is 0 Å². The van der Waals surface area contributed by atoms with Gasteiger partial charge in [-0.15, -0.1) is 0 Å². The fraction of sp³-hybridized carbons (Fsp3) is 0.750. The average molecular weight is 303 g/mol. The topological polar surface area (TPSA) is 23.8 Å². The highest BCUT2D eigenvalue weighted by Gasteiger charge is 2.29. The van der Waals surface area contributed by atoms with Gasteiger partial charge in [0.05, 0.1) is 0 Å². The summed E-state index contributed by atoms with van der Waals surface area (Å²) in [6.45, 7) is 6.72. The van der Waals surface area contributed by atoms with Crippen LogP contribution in [0, 0.1) is 35.0 Å². The van der Waals surface area contributed by atoms with Gasteiger partial charge in [-0.1, -0.05) is 31.9 Å². The molecule has 0 spiro atoms. The van der Waals surface area contributed by atoms with Crippen LogP contribution in [-0.4, -0.2) is 0 Å². The van der Waals surface area contributed by atoms with E-state index in [2.05, 4.69) is 13.5 Å². The number of nitriles is 1. The van der Waals surface area contributed by atoms with Crippen molar-refractivity contribution in [3.63, 3.8) is 0 Å². The second kappa shape index (κ2) is 8.51. The maximum Gasteiger partial charge on any atom is 0.196 e. The molecule has 22 heavy (non-hydrogen) atoms. The van der Waals surface area contributed by atoms with Crippen LogP contribution in [0.25, 0.3) is 0 Å². The van der Waals surface area contributed by atoms with Gasteiger partial charge in [0.15, 0.2) is 5.83 Å². The lowest BCUT2D eigenvalue weighted by molar-refractivity contribution is 0.255. The average Bonchev–Trinajstić information content (AvgIpc) is 2.56. The Kier molecular flexibility index (Phi) is 6.68. The second-order valence-electron chi connectivity index (χ2n) is 7.32. The molecule has 0 aromatic rings. The van der Waals surface area contributed by atoms with Crippen molar-refractivity contribution in [1.29, 1.82) is 5.26 Å². The molecule has 0 aromatic carbocycles. The Balaban J connectivity index is 1.77. The fourth-order valence-electron chi connectivity index (χ4n) is 4.46. The van der Waals surface area contributed by atoms with Crippen LogP contribution in [0.5, 0.6) is 0 Å². The number of allylic oxidation sites excluding steroid dienone is 3. The summed E-state index contributed by atoms with van der Waals surface area (Å²) in [4.78, 5) is 0. The van der Waals surface area contributed by atoms with Crippen molar-refractivity contribution in [1.82, 2.24) is 0 Å². The highest BCUT2D eigenvalue weighted by Crippen LogP contribution is 2.42. The monoisotopic (exact) mass is 303 g/mol. The molecule has 2 rings (SSSR count). The Hall–Kier alpha value is -1.10. The Morgan fingerprint density at radius 2 is 1.64 bits per heavy atom.